The van der Waals surface area contributed by atoms with Crippen LogP contribution in [0.25, 0.3) is 71.3 Å². The van der Waals surface area contributed by atoms with E-state index in [1.54, 1.807) is 0 Å². The summed E-state index contributed by atoms with van der Waals surface area (Å²) >= 11 is 0. The fourth-order valence-electron chi connectivity index (χ4n) is 7.74. The zero-order valence-electron chi connectivity index (χ0n) is 28.5. The number of hydrogen-bond donors (Lipinski definition) is 0. The molecule has 1 heterocycles. The predicted octanol–water partition coefficient (Wildman–Crippen LogP) is 13.9. The zero-order valence-corrected chi connectivity index (χ0v) is 28.5. The van der Waals surface area contributed by atoms with Crippen LogP contribution in [0.3, 0.4) is 0 Å². The predicted molar refractivity (Wildman–Crippen MR) is 221 cm³/mol. The first-order chi connectivity index (χ1) is 25.8. The van der Waals surface area contributed by atoms with Crippen LogP contribution in [0, 0.1) is 0 Å². The Morgan fingerprint density at radius 3 is 1.44 bits per heavy atom. The van der Waals surface area contributed by atoms with Crippen molar-refractivity contribution in [2.75, 3.05) is 4.90 Å². The van der Waals surface area contributed by atoms with Crippen molar-refractivity contribution < 1.29 is 0 Å². The van der Waals surface area contributed by atoms with Gasteiger partial charge in [0.15, 0.2) is 0 Å². The highest BCUT2D eigenvalue weighted by atomic mass is 15.1. The van der Waals surface area contributed by atoms with Crippen LogP contribution >= 0.6 is 0 Å². The lowest BCUT2D eigenvalue weighted by Gasteiger charge is -2.26. The number of rotatable bonds is 6. The number of benzene rings is 9. The van der Waals surface area contributed by atoms with E-state index in [2.05, 4.69) is 216 Å². The SMILES string of the molecule is c1ccc(N(c2ccc(-c3ccc(-n4c5ccccc5c5cc6ccccc6cc54)cc3)cc2)c2ccc(-c3ccc4ccccc4c3)cc2)cc1. The molecule has 0 unspecified atom stereocenters. The summed E-state index contributed by atoms with van der Waals surface area (Å²) in [5.74, 6) is 0. The second-order valence-corrected chi connectivity index (χ2v) is 13.4. The van der Waals surface area contributed by atoms with Crippen LogP contribution in [0.4, 0.5) is 17.1 Å². The molecule has 2 nitrogen and oxygen atoms in total. The van der Waals surface area contributed by atoms with Crippen molar-refractivity contribution in [2.24, 2.45) is 0 Å². The summed E-state index contributed by atoms with van der Waals surface area (Å²) in [4.78, 5) is 2.32. The Bertz CT molecular complexity index is 2870. The van der Waals surface area contributed by atoms with E-state index in [-0.39, 0.29) is 0 Å². The van der Waals surface area contributed by atoms with Crippen molar-refractivity contribution in [3.05, 3.63) is 206 Å². The van der Waals surface area contributed by atoms with Gasteiger partial charge in [0.25, 0.3) is 0 Å². The van der Waals surface area contributed by atoms with E-state index in [9.17, 15) is 0 Å². The average Bonchev–Trinajstić information content (AvgIpc) is 3.54. The summed E-state index contributed by atoms with van der Waals surface area (Å²) < 4.78 is 2.40. The van der Waals surface area contributed by atoms with Crippen LogP contribution in [0.1, 0.15) is 0 Å². The van der Waals surface area contributed by atoms with Crippen molar-refractivity contribution >= 4 is 60.4 Å². The summed E-state index contributed by atoms with van der Waals surface area (Å²) in [6.07, 6.45) is 0. The van der Waals surface area contributed by atoms with Gasteiger partial charge in [-0.1, -0.05) is 133 Å². The minimum absolute atomic E-state index is 1.11. The van der Waals surface area contributed by atoms with Crippen LogP contribution in [0.5, 0.6) is 0 Å². The standard InChI is InChI=1S/C50H34N2/c1-2-14-43(15-3-1)51(45-28-24-38(25-29-45)42-19-18-35-10-4-5-11-39(35)32-42)44-26-20-36(21-27-44)37-22-30-46(31-23-37)52-49-17-9-8-16-47(49)48-33-40-12-6-7-13-41(40)34-50(48)52/h1-34H. The Balaban J connectivity index is 0.977. The first-order valence-corrected chi connectivity index (χ1v) is 17.8. The lowest BCUT2D eigenvalue weighted by Crippen LogP contribution is -2.09. The normalized spacial score (nSPS) is 11.5. The Hall–Kier alpha value is -6.90. The van der Waals surface area contributed by atoms with Gasteiger partial charge in [-0.05, 0) is 117 Å². The number of anilines is 3. The van der Waals surface area contributed by atoms with E-state index in [1.165, 1.54) is 65.6 Å². The van der Waals surface area contributed by atoms with E-state index < -0.39 is 0 Å². The summed E-state index contributed by atoms with van der Waals surface area (Å²) in [6, 6.07) is 74.6. The minimum atomic E-state index is 1.11. The molecular formula is C50H34N2. The van der Waals surface area contributed by atoms with E-state index in [0.717, 1.165) is 22.7 Å². The second-order valence-electron chi connectivity index (χ2n) is 13.4. The fraction of sp³-hybridized carbons (Fsp3) is 0. The smallest absolute Gasteiger partial charge is 0.0547 e. The molecule has 10 aromatic rings. The maximum Gasteiger partial charge on any atom is 0.0547 e. The Labute approximate surface area is 303 Å². The molecule has 0 atom stereocenters. The molecule has 0 saturated heterocycles. The molecule has 52 heavy (non-hydrogen) atoms. The van der Waals surface area contributed by atoms with Gasteiger partial charge in [0.1, 0.15) is 0 Å². The van der Waals surface area contributed by atoms with Crippen molar-refractivity contribution in [1.29, 1.82) is 0 Å². The number of hydrogen-bond acceptors (Lipinski definition) is 1. The third kappa shape index (κ3) is 5.21. The number of aromatic nitrogens is 1. The highest BCUT2D eigenvalue weighted by molar-refractivity contribution is 6.13. The van der Waals surface area contributed by atoms with Crippen LogP contribution in [-0.4, -0.2) is 4.57 Å². The molecule has 0 spiro atoms. The monoisotopic (exact) mass is 662 g/mol. The Kier molecular flexibility index (Phi) is 7.18. The van der Waals surface area contributed by atoms with Crippen LogP contribution in [-0.2, 0) is 0 Å². The van der Waals surface area contributed by atoms with Gasteiger partial charge in [-0.3, -0.25) is 0 Å². The molecule has 244 valence electrons. The quantitative estimate of drug-likeness (QED) is 0.172. The average molecular weight is 663 g/mol. The molecule has 0 radical (unpaired) electrons. The molecule has 0 aliphatic carbocycles. The van der Waals surface area contributed by atoms with Gasteiger partial charge in [0.2, 0.25) is 0 Å². The fourth-order valence-corrected chi connectivity index (χ4v) is 7.74. The summed E-state index contributed by atoms with van der Waals surface area (Å²) in [7, 11) is 0. The third-order valence-electron chi connectivity index (χ3n) is 10.3. The van der Waals surface area contributed by atoms with E-state index in [0.29, 0.717) is 0 Å². The van der Waals surface area contributed by atoms with E-state index in [1.807, 2.05) is 0 Å². The van der Waals surface area contributed by atoms with Crippen LogP contribution in [0.2, 0.25) is 0 Å². The number of nitrogens with zero attached hydrogens (tertiary/aromatic N) is 2. The van der Waals surface area contributed by atoms with Gasteiger partial charge in [-0.25, -0.2) is 0 Å². The second kappa shape index (κ2) is 12.5. The number of para-hydroxylation sites is 2. The molecule has 0 amide bonds. The third-order valence-corrected chi connectivity index (χ3v) is 10.3. The van der Waals surface area contributed by atoms with Crippen LogP contribution in [0.15, 0.2) is 206 Å². The first kappa shape index (κ1) is 30.0. The Morgan fingerprint density at radius 1 is 0.288 bits per heavy atom. The van der Waals surface area contributed by atoms with Crippen LogP contribution < -0.4 is 4.90 Å². The van der Waals surface area contributed by atoms with Gasteiger partial charge < -0.3 is 9.47 Å². The molecule has 9 aromatic carbocycles. The number of fused-ring (bicyclic) bond motifs is 5. The molecule has 0 saturated carbocycles. The minimum Gasteiger partial charge on any atom is -0.311 e. The topological polar surface area (TPSA) is 8.17 Å². The van der Waals surface area contributed by atoms with Gasteiger partial charge in [0.05, 0.1) is 11.0 Å². The summed E-state index contributed by atoms with van der Waals surface area (Å²) in [6.45, 7) is 0. The largest absolute Gasteiger partial charge is 0.311 e. The van der Waals surface area contributed by atoms with Gasteiger partial charge in [0, 0.05) is 33.5 Å². The molecule has 0 aliphatic rings. The molecule has 1 aromatic heterocycles. The van der Waals surface area contributed by atoms with Gasteiger partial charge in [-0.15, -0.1) is 0 Å². The van der Waals surface area contributed by atoms with Crippen molar-refractivity contribution in [3.63, 3.8) is 0 Å². The van der Waals surface area contributed by atoms with E-state index >= 15 is 0 Å². The van der Waals surface area contributed by atoms with Crippen molar-refractivity contribution in [2.45, 2.75) is 0 Å². The summed E-state index contributed by atoms with van der Waals surface area (Å²) in [5, 5.41) is 7.58. The highest BCUT2D eigenvalue weighted by Crippen LogP contribution is 2.38. The highest BCUT2D eigenvalue weighted by Gasteiger charge is 2.15. The molecule has 0 fully saturated rings. The molecule has 2 heteroatoms. The lowest BCUT2D eigenvalue weighted by atomic mass is 10.0. The molecule has 0 N–H and O–H groups in total. The van der Waals surface area contributed by atoms with Gasteiger partial charge in [-0.2, -0.15) is 0 Å². The molecule has 0 aliphatic heterocycles. The van der Waals surface area contributed by atoms with Crippen molar-refractivity contribution in [1.82, 2.24) is 4.57 Å². The molecular weight excluding hydrogens is 629 g/mol. The van der Waals surface area contributed by atoms with E-state index in [4.69, 9.17) is 0 Å². The maximum atomic E-state index is 2.40. The maximum absolute atomic E-state index is 2.40. The van der Waals surface area contributed by atoms with Crippen molar-refractivity contribution in [3.8, 4) is 27.9 Å². The Morgan fingerprint density at radius 2 is 0.769 bits per heavy atom. The molecule has 10 rings (SSSR count). The lowest BCUT2D eigenvalue weighted by molar-refractivity contribution is 1.18. The summed E-state index contributed by atoms with van der Waals surface area (Å²) in [5.41, 5.74) is 11.7. The first-order valence-electron chi connectivity index (χ1n) is 17.8. The molecule has 0 bridgehead atoms. The zero-order chi connectivity index (χ0) is 34.4. The van der Waals surface area contributed by atoms with Gasteiger partial charge >= 0.3 is 0 Å².